The Balaban J connectivity index is 1.78. The number of aliphatic hydroxyl groups excluding tert-OH is 1. The number of benzene rings is 1. The van der Waals surface area contributed by atoms with Crippen LogP contribution in [0.25, 0.3) is 0 Å². The lowest BCUT2D eigenvalue weighted by Gasteiger charge is -2.27. The third-order valence-electron chi connectivity index (χ3n) is 3.70. The number of ether oxygens (including phenoxy) is 2. The Bertz CT molecular complexity index is 396. The van der Waals surface area contributed by atoms with Gasteiger partial charge in [0.15, 0.2) is 0 Å². The van der Waals surface area contributed by atoms with Gasteiger partial charge in [-0.25, -0.2) is 0 Å². The van der Waals surface area contributed by atoms with Crippen LogP contribution in [0.3, 0.4) is 0 Å². The van der Waals surface area contributed by atoms with Crippen LogP contribution in [0.15, 0.2) is 18.2 Å². The van der Waals surface area contributed by atoms with Gasteiger partial charge in [0.25, 0.3) is 0 Å². The van der Waals surface area contributed by atoms with Gasteiger partial charge in [-0.3, -0.25) is 0 Å². The molecule has 2 heterocycles. The molecule has 3 heteroatoms. The molecular formula is C14H18O3. The predicted molar refractivity (Wildman–Crippen MR) is 64.1 cm³/mol. The van der Waals surface area contributed by atoms with E-state index in [9.17, 15) is 5.11 Å². The van der Waals surface area contributed by atoms with Crippen molar-refractivity contribution < 1.29 is 14.6 Å². The van der Waals surface area contributed by atoms with Crippen LogP contribution in [0.2, 0.25) is 0 Å². The summed E-state index contributed by atoms with van der Waals surface area (Å²) in [5.74, 6) is 1.21. The van der Waals surface area contributed by atoms with E-state index in [1.54, 1.807) is 0 Å². The number of fused-ring (bicyclic) bond motifs is 1. The zero-order chi connectivity index (χ0) is 11.7. The first-order chi connectivity index (χ1) is 8.34. The summed E-state index contributed by atoms with van der Waals surface area (Å²) in [5, 5.41) is 10.4. The molecule has 17 heavy (non-hydrogen) atoms. The fourth-order valence-corrected chi connectivity index (χ4v) is 2.68. The summed E-state index contributed by atoms with van der Waals surface area (Å²) in [6.07, 6.45) is 2.66. The number of aliphatic hydroxyl groups is 1. The SMILES string of the molecule is OC(c1ccc2c(c1)CCO2)C1CCCOC1. The summed E-state index contributed by atoms with van der Waals surface area (Å²) in [6, 6.07) is 6.04. The Kier molecular flexibility index (Phi) is 3.04. The first kappa shape index (κ1) is 11.1. The maximum atomic E-state index is 10.4. The molecule has 92 valence electrons. The Morgan fingerprint density at radius 3 is 3.06 bits per heavy atom. The minimum Gasteiger partial charge on any atom is -0.493 e. The summed E-state index contributed by atoms with van der Waals surface area (Å²) < 4.78 is 10.9. The molecule has 1 saturated heterocycles. The molecule has 1 fully saturated rings. The standard InChI is InChI=1S/C14H18O3/c15-14(12-2-1-6-16-9-12)11-3-4-13-10(8-11)5-7-17-13/h3-4,8,12,14-15H,1-2,5-7,9H2. The lowest BCUT2D eigenvalue weighted by atomic mass is 9.90. The van der Waals surface area contributed by atoms with Crippen LogP contribution >= 0.6 is 0 Å². The predicted octanol–water partition coefficient (Wildman–Crippen LogP) is 2.08. The molecular weight excluding hydrogens is 216 g/mol. The van der Waals surface area contributed by atoms with E-state index in [-0.39, 0.29) is 5.92 Å². The van der Waals surface area contributed by atoms with Crippen LogP contribution < -0.4 is 4.74 Å². The van der Waals surface area contributed by atoms with Gasteiger partial charge in [-0.15, -0.1) is 0 Å². The monoisotopic (exact) mass is 234 g/mol. The Morgan fingerprint density at radius 2 is 2.24 bits per heavy atom. The first-order valence-electron chi connectivity index (χ1n) is 6.36. The van der Waals surface area contributed by atoms with Crippen LogP contribution in [0.5, 0.6) is 5.75 Å². The molecule has 0 aromatic heterocycles. The molecule has 0 aliphatic carbocycles. The molecule has 1 aromatic rings. The molecule has 0 bridgehead atoms. The van der Waals surface area contributed by atoms with Crippen molar-refractivity contribution in [3.05, 3.63) is 29.3 Å². The number of rotatable bonds is 2. The highest BCUT2D eigenvalue weighted by Gasteiger charge is 2.25. The Labute approximate surface area is 101 Å². The maximum Gasteiger partial charge on any atom is 0.122 e. The van der Waals surface area contributed by atoms with Crippen LogP contribution in [0.1, 0.15) is 30.1 Å². The van der Waals surface area contributed by atoms with E-state index in [1.807, 2.05) is 12.1 Å². The van der Waals surface area contributed by atoms with Crippen LogP contribution in [-0.4, -0.2) is 24.9 Å². The molecule has 2 aliphatic heterocycles. The van der Waals surface area contributed by atoms with Crippen molar-refractivity contribution in [1.29, 1.82) is 0 Å². The third-order valence-corrected chi connectivity index (χ3v) is 3.70. The quantitative estimate of drug-likeness (QED) is 0.851. The van der Waals surface area contributed by atoms with Gasteiger partial charge < -0.3 is 14.6 Å². The van der Waals surface area contributed by atoms with Crippen molar-refractivity contribution in [2.45, 2.75) is 25.4 Å². The van der Waals surface area contributed by atoms with Gasteiger partial charge in [0.05, 0.1) is 19.3 Å². The summed E-state index contributed by atoms with van der Waals surface area (Å²) in [7, 11) is 0. The largest absolute Gasteiger partial charge is 0.493 e. The van der Waals surface area contributed by atoms with Crippen LogP contribution in [-0.2, 0) is 11.2 Å². The second kappa shape index (κ2) is 4.67. The summed E-state index contributed by atoms with van der Waals surface area (Å²) in [6.45, 7) is 2.28. The molecule has 0 amide bonds. The minimum atomic E-state index is -0.402. The van der Waals surface area contributed by atoms with E-state index < -0.39 is 6.10 Å². The average molecular weight is 234 g/mol. The molecule has 1 aromatic carbocycles. The zero-order valence-electron chi connectivity index (χ0n) is 9.89. The molecule has 1 N–H and O–H groups in total. The highest BCUT2D eigenvalue weighted by molar-refractivity contribution is 5.40. The van der Waals surface area contributed by atoms with Crippen LogP contribution in [0.4, 0.5) is 0 Å². The summed E-state index contributed by atoms with van der Waals surface area (Å²) >= 11 is 0. The molecule has 2 aliphatic rings. The maximum absolute atomic E-state index is 10.4. The first-order valence-corrected chi connectivity index (χ1v) is 6.36. The van der Waals surface area contributed by atoms with Gasteiger partial charge >= 0.3 is 0 Å². The Hall–Kier alpha value is -1.06. The molecule has 0 spiro atoms. The van der Waals surface area contributed by atoms with Gasteiger partial charge in [0, 0.05) is 18.9 Å². The van der Waals surface area contributed by atoms with Crippen molar-refractivity contribution in [3.8, 4) is 5.75 Å². The zero-order valence-corrected chi connectivity index (χ0v) is 9.89. The van der Waals surface area contributed by atoms with E-state index >= 15 is 0 Å². The van der Waals surface area contributed by atoms with E-state index in [0.29, 0.717) is 6.61 Å². The second-order valence-corrected chi connectivity index (χ2v) is 4.89. The lowest BCUT2D eigenvalue weighted by Crippen LogP contribution is -2.23. The molecule has 2 unspecified atom stereocenters. The van der Waals surface area contributed by atoms with E-state index in [4.69, 9.17) is 9.47 Å². The fourth-order valence-electron chi connectivity index (χ4n) is 2.68. The molecule has 2 atom stereocenters. The average Bonchev–Trinajstić information content (AvgIpc) is 2.86. The van der Waals surface area contributed by atoms with Crippen molar-refractivity contribution in [1.82, 2.24) is 0 Å². The summed E-state index contributed by atoms with van der Waals surface area (Å²) in [5.41, 5.74) is 2.23. The van der Waals surface area contributed by atoms with Crippen molar-refractivity contribution in [2.75, 3.05) is 19.8 Å². The minimum absolute atomic E-state index is 0.240. The third kappa shape index (κ3) is 2.17. The van der Waals surface area contributed by atoms with E-state index in [1.165, 1.54) is 5.56 Å². The highest BCUT2D eigenvalue weighted by atomic mass is 16.5. The molecule has 0 radical (unpaired) electrons. The van der Waals surface area contributed by atoms with Crippen molar-refractivity contribution in [2.24, 2.45) is 5.92 Å². The fraction of sp³-hybridized carbons (Fsp3) is 0.571. The normalized spacial score (nSPS) is 25.1. The molecule has 3 rings (SSSR count). The highest BCUT2D eigenvalue weighted by Crippen LogP contribution is 2.33. The van der Waals surface area contributed by atoms with Gasteiger partial charge in [0.2, 0.25) is 0 Å². The smallest absolute Gasteiger partial charge is 0.122 e. The van der Waals surface area contributed by atoms with Gasteiger partial charge in [-0.1, -0.05) is 6.07 Å². The van der Waals surface area contributed by atoms with E-state index in [2.05, 4.69) is 6.07 Å². The van der Waals surface area contributed by atoms with Gasteiger partial charge in [0.1, 0.15) is 5.75 Å². The van der Waals surface area contributed by atoms with Crippen molar-refractivity contribution >= 4 is 0 Å². The summed E-state index contributed by atoms with van der Waals surface area (Å²) in [4.78, 5) is 0. The lowest BCUT2D eigenvalue weighted by molar-refractivity contribution is -0.00998. The topological polar surface area (TPSA) is 38.7 Å². The molecule has 0 saturated carbocycles. The van der Waals surface area contributed by atoms with Gasteiger partial charge in [-0.05, 0) is 36.1 Å². The number of hydrogen-bond donors (Lipinski definition) is 1. The van der Waals surface area contributed by atoms with Crippen LogP contribution in [0, 0.1) is 5.92 Å². The second-order valence-electron chi connectivity index (χ2n) is 4.89. The van der Waals surface area contributed by atoms with Crippen molar-refractivity contribution in [3.63, 3.8) is 0 Å². The Morgan fingerprint density at radius 1 is 1.29 bits per heavy atom. The number of hydrogen-bond acceptors (Lipinski definition) is 3. The molecule has 3 nitrogen and oxygen atoms in total. The van der Waals surface area contributed by atoms with E-state index in [0.717, 1.165) is 43.8 Å². The van der Waals surface area contributed by atoms with Gasteiger partial charge in [-0.2, -0.15) is 0 Å².